The first-order valence-electron chi connectivity index (χ1n) is 6.25. The fourth-order valence-corrected chi connectivity index (χ4v) is 1.71. The van der Waals surface area contributed by atoms with E-state index in [0.717, 1.165) is 24.3 Å². The fraction of sp³-hybridized carbons (Fsp3) is 0.500. The van der Waals surface area contributed by atoms with Gasteiger partial charge in [0.15, 0.2) is 0 Å². The molecule has 0 radical (unpaired) electrons. The van der Waals surface area contributed by atoms with Crippen molar-refractivity contribution in [1.29, 1.82) is 0 Å². The van der Waals surface area contributed by atoms with Gasteiger partial charge in [0.05, 0.1) is 13.7 Å². The van der Waals surface area contributed by atoms with Crippen LogP contribution >= 0.6 is 0 Å². The number of hydrogen-bond donors (Lipinski definition) is 2. The van der Waals surface area contributed by atoms with Crippen molar-refractivity contribution < 1.29 is 9.53 Å². The second-order valence-corrected chi connectivity index (χ2v) is 4.46. The lowest BCUT2D eigenvalue weighted by Gasteiger charge is -2.10. The molecule has 0 aromatic heterocycles. The molecular formula is C14H22N2O2. The second-order valence-electron chi connectivity index (χ2n) is 4.46. The molecule has 0 spiro atoms. The molecule has 0 aliphatic heterocycles. The van der Waals surface area contributed by atoms with Crippen LogP contribution in [0.4, 0.5) is 0 Å². The maximum atomic E-state index is 11.4. The van der Waals surface area contributed by atoms with Gasteiger partial charge in [-0.2, -0.15) is 0 Å². The second kappa shape index (κ2) is 7.71. The van der Waals surface area contributed by atoms with Crippen molar-refractivity contribution in [3.63, 3.8) is 0 Å². The zero-order valence-electron chi connectivity index (χ0n) is 11.3. The average molecular weight is 250 g/mol. The van der Waals surface area contributed by atoms with Gasteiger partial charge in [-0.1, -0.05) is 18.2 Å². The van der Waals surface area contributed by atoms with E-state index in [2.05, 4.69) is 10.6 Å². The summed E-state index contributed by atoms with van der Waals surface area (Å²) in [6.07, 6.45) is 0.846. The number of para-hydroxylation sites is 1. The zero-order valence-corrected chi connectivity index (χ0v) is 11.3. The van der Waals surface area contributed by atoms with E-state index < -0.39 is 0 Å². The zero-order chi connectivity index (χ0) is 13.4. The summed E-state index contributed by atoms with van der Waals surface area (Å²) in [5.41, 5.74) is 1.15. The highest BCUT2D eigenvalue weighted by molar-refractivity contribution is 5.78. The number of ether oxygens (including phenoxy) is 1. The predicted molar refractivity (Wildman–Crippen MR) is 72.8 cm³/mol. The lowest BCUT2D eigenvalue weighted by Crippen LogP contribution is -2.38. The standard InChI is InChI=1S/C14H22N2O2/c1-11(2)16-14(17)10-15-9-8-12-6-4-5-7-13(12)18-3/h4-7,11,15H,8-10H2,1-3H3,(H,16,17). The summed E-state index contributed by atoms with van der Waals surface area (Å²) in [5, 5.41) is 5.96. The van der Waals surface area contributed by atoms with Crippen LogP contribution in [0.1, 0.15) is 19.4 Å². The van der Waals surface area contributed by atoms with Crippen LogP contribution in [0, 0.1) is 0 Å². The summed E-state index contributed by atoms with van der Waals surface area (Å²) in [7, 11) is 1.67. The third kappa shape index (κ3) is 5.19. The number of hydrogen-bond acceptors (Lipinski definition) is 3. The van der Waals surface area contributed by atoms with Gasteiger partial charge in [-0.15, -0.1) is 0 Å². The highest BCUT2D eigenvalue weighted by Gasteiger charge is 2.03. The Morgan fingerprint density at radius 1 is 1.33 bits per heavy atom. The van der Waals surface area contributed by atoms with Crippen molar-refractivity contribution in [2.45, 2.75) is 26.3 Å². The molecule has 4 nitrogen and oxygen atoms in total. The third-order valence-electron chi connectivity index (χ3n) is 2.50. The molecule has 0 atom stereocenters. The highest BCUT2D eigenvalue weighted by Crippen LogP contribution is 2.16. The van der Waals surface area contributed by atoms with Gasteiger partial charge in [0.2, 0.25) is 5.91 Å². The van der Waals surface area contributed by atoms with Crippen LogP contribution < -0.4 is 15.4 Å². The van der Waals surface area contributed by atoms with Crippen molar-refractivity contribution >= 4 is 5.91 Å². The van der Waals surface area contributed by atoms with E-state index in [0.29, 0.717) is 6.54 Å². The third-order valence-corrected chi connectivity index (χ3v) is 2.50. The summed E-state index contributed by atoms with van der Waals surface area (Å²) in [5.74, 6) is 0.927. The molecule has 0 bridgehead atoms. The molecule has 0 heterocycles. The molecule has 0 saturated carbocycles. The first kappa shape index (κ1) is 14.5. The molecule has 0 aliphatic carbocycles. The van der Waals surface area contributed by atoms with Crippen LogP contribution in [-0.2, 0) is 11.2 Å². The minimum Gasteiger partial charge on any atom is -0.496 e. The molecule has 0 saturated heterocycles. The number of carbonyl (C=O) groups is 1. The Labute approximate surface area is 109 Å². The molecule has 1 aromatic rings. The van der Waals surface area contributed by atoms with Crippen LogP contribution in [-0.4, -0.2) is 32.1 Å². The maximum Gasteiger partial charge on any atom is 0.234 e. The van der Waals surface area contributed by atoms with Crippen LogP contribution in [0.2, 0.25) is 0 Å². The van der Waals surface area contributed by atoms with E-state index in [4.69, 9.17) is 4.74 Å². The molecule has 18 heavy (non-hydrogen) atoms. The Hall–Kier alpha value is -1.55. The topological polar surface area (TPSA) is 50.4 Å². The Morgan fingerprint density at radius 3 is 2.72 bits per heavy atom. The van der Waals surface area contributed by atoms with Crippen molar-refractivity contribution in [3.05, 3.63) is 29.8 Å². The first-order chi connectivity index (χ1) is 8.63. The smallest absolute Gasteiger partial charge is 0.234 e. The van der Waals surface area contributed by atoms with E-state index in [1.165, 1.54) is 0 Å². The Kier molecular flexibility index (Phi) is 6.22. The van der Waals surface area contributed by atoms with Crippen LogP contribution in [0.5, 0.6) is 5.75 Å². The number of nitrogens with one attached hydrogen (secondary N) is 2. The van der Waals surface area contributed by atoms with Crippen LogP contribution in [0.15, 0.2) is 24.3 Å². The summed E-state index contributed by atoms with van der Waals surface area (Å²) >= 11 is 0. The molecule has 1 rings (SSSR count). The van der Waals surface area contributed by atoms with Gasteiger partial charge in [0, 0.05) is 6.04 Å². The van der Waals surface area contributed by atoms with Crippen molar-refractivity contribution in [2.75, 3.05) is 20.2 Å². The molecule has 1 amide bonds. The summed E-state index contributed by atoms with van der Waals surface area (Å²) in [4.78, 5) is 11.4. The average Bonchev–Trinajstić information content (AvgIpc) is 2.34. The lowest BCUT2D eigenvalue weighted by molar-refractivity contribution is -0.120. The Bertz CT molecular complexity index is 378. The number of methoxy groups -OCH3 is 1. The molecule has 100 valence electrons. The lowest BCUT2D eigenvalue weighted by atomic mass is 10.1. The SMILES string of the molecule is COc1ccccc1CCNCC(=O)NC(C)C. The van der Waals surface area contributed by atoms with E-state index in [9.17, 15) is 4.79 Å². The summed E-state index contributed by atoms with van der Waals surface area (Å²) < 4.78 is 5.27. The molecule has 1 aromatic carbocycles. The molecular weight excluding hydrogens is 228 g/mol. The van der Waals surface area contributed by atoms with Gasteiger partial charge in [-0.25, -0.2) is 0 Å². The van der Waals surface area contributed by atoms with Gasteiger partial charge < -0.3 is 15.4 Å². The highest BCUT2D eigenvalue weighted by atomic mass is 16.5. The normalized spacial score (nSPS) is 10.4. The minimum absolute atomic E-state index is 0.0324. The molecule has 2 N–H and O–H groups in total. The monoisotopic (exact) mass is 250 g/mol. The van der Waals surface area contributed by atoms with E-state index in [1.807, 2.05) is 38.1 Å². The van der Waals surface area contributed by atoms with Gasteiger partial charge in [0.25, 0.3) is 0 Å². The quantitative estimate of drug-likeness (QED) is 0.718. The van der Waals surface area contributed by atoms with Crippen molar-refractivity contribution in [1.82, 2.24) is 10.6 Å². The van der Waals surface area contributed by atoms with Crippen LogP contribution in [0.25, 0.3) is 0 Å². The van der Waals surface area contributed by atoms with Gasteiger partial charge in [-0.3, -0.25) is 4.79 Å². The Morgan fingerprint density at radius 2 is 2.06 bits per heavy atom. The number of amides is 1. The van der Waals surface area contributed by atoms with Crippen LogP contribution in [0.3, 0.4) is 0 Å². The van der Waals surface area contributed by atoms with E-state index >= 15 is 0 Å². The summed E-state index contributed by atoms with van der Waals surface area (Å²) in [6, 6.07) is 8.11. The van der Waals surface area contributed by atoms with Crippen molar-refractivity contribution in [2.24, 2.45) is 0 Å². The van der Waals surface area contributed by atoms with Crippen molar-refractivity contribution in [3.8, 4) is 5.75 Å². The molecule has 0 aliphatic rings. The van der Waals surface area contributed by atoms with Gasteiger partial charge in [0.1, 0.15) is 5.75 Å². The minimum atomic E-state index is 0.0324. The molecule has 0 unspecified atom stereocenters. The predicted octanol–water partition coefficient (Wildman–Crippen LogP) is 1.35. The Balaban J connectivity index is 2.27. The number of benzene rings is 1. The van der Waals surface area contributed by atoms with E-state index in [1.54, 1.807) is 7.11 Å². The van der Waals surface area contributed by atoms with Gasteiger partial charge in [-0.05, 0) is 38.4 Å². The fourth-order valence-electron chi connectivity index (χ4n) is 1.71. The number of carbonyl (C=O) groups excluding carboxylic acids is 1. The molecule has 0 fully saturated rings. The summed E-state index contributed by atoms with van der Waals surface area (Å²) in [6.45, 7) is 5.01. The maximum absolute atomic E-state index is 11.4. The van der Waals surface area contributed by atoms with E-state index in [-0.39, 0.29) is 11.9 Å². The molecule has 4 heteroatoms. The number of rotatable bonds is 7. The van der Waals surface area contributed by atoms with Gasteiger partial charge >= 0.3 is 0 Å². The first-order valence-corrected chi connectivity index (χ1v) is 6.25. The largest absolute Gasteiger partial charge is 0.496 e.